The van der Waals surface area contributed by atoms with Crippen LogP contribution in [0.2, 0.25) is 0 Å². The Balaban J connectivity index is 2.15. The van der Waals surface area contributed by atoms with Crippen LogP contribution in [-0.2, 0) is 16.0 Å². The van der Waals surface area contributed by atoms with Crippen molar-refractivity contribution in [3.8, 4) is 0 Å². The first-order chi connectivity index (χ1) is 11.0. The first-order valence-electron chi connectivity index (χ1n) is 6.89. The van der Waals surface area contributed by atoms with Crippen LogP contribution in [0.3, 0.4) is 0 Å². The molecule has 2 rings (SSSR count). The summed E-state index contributed by atoms with van der Waals surface area (Å²) in [6.07, 6.45) is 0.250. The molecule has 1 amide bonds. The molecule has 0 saturated heterocycles. The van der Waals surface area contributed by atoms with E-state index in [0.717, 1.165) is 10.0 Å². The molecule has 23 heavy (non-hydrogen) atoms. The second-order valence-electron chi connectivity index (χ2n) is 4.86. The average Bonchev–Trinajstić information content (AvgIpc) is 2.55. The third-order valence-electron chi connectivity index (χ3n) is 3.26. The molecule has 0 aliphatic carbocycles. The van der Waals surface area contributed by atoms with Gasteiger partial charge in [-0.1, -0.05) is 40.2 Å². The molecule has 1 N–H and O–H groups in total. The maximum Gasteiger partial charge on any atom is 0.328 e. The molecule has 4 nitrogen and oxygen atoms in total. The zero-order valence-electron chi connectivity index (χ0n) is 12.4. The van der Waals surface area contributed by atoms with Crippen molar-refractivity contribution in [1.82, 2.24) is 5.32 Å². The van der Waals surface area contributed by atoms with Crippen LogP contribution >= 0.6 is 15.9 Å². The van der Waals surface area contributed by atoms with Crippen molar-refractivity contribution in [2.24, 2.45) is 0 Å². The summed E-state index contributed by atoms with van der Waals surface area (Å²) >= 11 is 3.33. The van der Waals surface area contributed by atoms with Crippen molar-refractivity contribution in [2.75, 3.05) is 7.11 Å². The Morgan fingerprint density at radius 3 is 2.43 bits per heavy atom. The highest BCUT2D eigenvalue weighted by Gasteiger charge is 2.23. The molecule has 0 fully saturated rings. The maximum atomic E-state index is 13.7. The van der Waals surface area contributed by atoms with E-state index in [1.165, 1.54) is 25.3 Å². The van der Waals surface area contributed by atoms with Crippen LogP contribution in [0.15, 0.2) is 53.0 Å². The molecule has 0 heterocycles. The summed E-state index contributed by atoms with van der Waals surface area (Å²) in [6.45, 7) is 0. The lowest BCUT2D eigenvalue weighted by Crippen LogP contribution is -2.43. The van der Waals surface area contributed by atoms with Gasteiger partial charge in [-0.05, 0) is 29.8 Å². The van der Waals surface area contributed by atoms with E-state index in [9.17, 15) is 14.0 Å². The molecule has 1 atom stereocenters. The number of rotatable bonds is 5. The lowest BCUT2D eigenvalue weighted by molar-refractivity contribution is -0.142. The lowest BCUT2D eigenvalue weighted by atomic mass is 10.1. The molecule has 0 bridgehead atoms. The highest BCUT2D eigenvalue weighted by molar-refractivity contribution is 9.10. The highest BCUT2D eigenvalue weighted by atomic mass is 79.9. The fourth-order valence-corrected chi connectivity index (χ4v) is 2.34. The summed E-state index contributed by atoms with van der Waals surface area (Å²) in [5.41, 5.74) is 0.731. The standard InChI is InChI=1S/C17H15BrFNO3/c1-23-17(22)15(10-11-6-8-12(18)9-7-11)20-16(21)13-4-2-3-5-14(13)19/h2-9,15H,10H2,1H3,(H,20,21)/t15-/m0/s1. The largest absolute Gasteiger partial charge is 0.467 e. The minimum atomic E-state index is -0.895. The zero-order chi connectivity index (χ0) is 16.8. The number of ether oxygens (including phenoxy) is 1. The summed E-state index contributed by atoms with van der Waals surface area (Å²) in [5.74, 6) is -1.88. The van der Waals surface area contributed by atoms with E-state index in [-0.39, 0.29) is 12.0 Å². The molecule has 0 aromatic heterocycles. The first kappa shape index (κ1) is 17.1. The summed E-state index contributed by atoms with van der Waals surface area (Å²) in [5, 5.41) is 2.52. The van der Waals surface area contributed by atoms with Crippen LogP contribution < -0.4 is 5.32 Å². The Labute approximate surface area is 141 Å². The van der Waals surface area contributed by atoms with Crippen LogP contribution in [-0.4, -0.2) is 25.0 Å². The topological polar surface area (TPSA) is 55.4 Å². The molecule has 0 aliphatic rings. The lowest BCUT2D eigenvalue weighted by Gasteiger charge is -2.17. The van der Waals surface area contributed by atoms with Crippen LogP contribution in [0, 0.1) is 5.82 Å². The Kier molecular flexibility index (Phi) is 5.87. The summed E-state index contributed by atoms with van der Waals surface area (Å²) in [6, 6.07) is 12.0. The van der Waals surface area contributed by atoms with Gasteiger partial charge in [0.1, 0.15) is 11.9 Å². The SMILES string of the molecule is COC(=O)[C@H](Cc1ccc(Br)cc1)NC(=O)c1ccccc1F. The molecular weight excluding hydrogens is 365 g/mol. The summed E-state index contributed by atoms with van der Waals surface area (Å²) < 4.78 is 19.3. The molecular formula is C17H15BrFNO3. The summed E-state index contributed by atoms with van der Waals surface area (Å²) in [7, 11) is 1.24. The molecule has 120 valence electrons. The predicted octanol–water partition coefficient (Wildman–Crippen LogP) is 3.10. The van der Waals surface area contributed by atoms with Gasteiger partial charge in [0.15, 0.2) is 0 Å². The van der Waals surface area contributed by atoms with Crippen molar-refractivity contribution in [3.63, 3.8) is 0 Å². The number of carbonyl (C=O) groups is 2. The minimum absolute atomic E-state index is 0.114. The quantitative estimate of drug-likeness (QED) is 0.812. The fraction of sp³-hybridized carbons (Fsp3) is 0.176. The van der Waals surface area contributed by atoms with Crippen LogP contribution in [0.5, 0.6) is 0 Å². The van der Waals surface area contributed by atoms with Gasteiger partial charge in [0.05, 0.1) is 12.7 Å². The predicted molar refractivity (Wildman–Crippen MR) is 87.5 cm³/mol. The normalized spacial score (nSPS) is 11.6. The minimum Gasteiger partial charge on any atom is -0.467 e. The van der Waals surface area contributed by atoms with E-state index in [1.807, 2.05) is 24.3 Å². The smallest absolute Gasteiger partial charge is 0.328 e. The summed E-state index contributed by atoms with van der Waals surface area (Å²) in [4.78, 5) is 24.1. The van der Waals surface area contributed by atoms with Crippen LogP contribution in [0.25, 0.3) is 0 Å². The average molecular weight is 380 g/mol. The zero-order valence-corrected chi connectivity index (χ0v) is 14.0. The van der Waals surface area contributed by atoms with Gasteiger partial charge in [0, 0.05) is 10.9 Å². The number of hydrogen-bond donors (Lipinski definition) is 1. The van der Waals surface area contributed by atoms with Gasteiger partial charge in [0.25, 0.3) is 5.91 Å². The van der Waals surface area contributed by atoms with E-state index < -0.39 is 23.7 Å². The second-order valence-corrected chi connectivity index (χ2v) is 5.78. The van der Waals surface area contributed by atoms with Crippen molar-refractivity contribution < 1.29 is 18.7 Å². The Bertz CT molecular complexity index is 703. The monoisotopic (exact) mass is 379 g/mol. The number of hydrogen-bond acceptors (Lipinski definition) is 3. The third kappa shape index (κ3) is 4.63. The van der Waals surface area contributed by atoms with Gasteiger partial charge < -0.3 is 10.1 Å². The van der Waals surface area contributed by atoms with Crippen LogP contribution in [0.1, 0.15) is 15.9 Å². The van der Waals surface area contributed by atoms with E-state index >= 15 is 0 Å². The number of amides is 1. The van der Waals surface area contributed by atoms with E-state index in [4.69, 9.17) is 4.74 Å². The third-order valence-corrected chi connectivity index (χ3v) is 3.79. The van der Waals surface area contributed by atoms with Gasteiger partial charge in [-0.3, -0.25) is 4.79 Å². The number of halogens is 2. The first-order valence-corrected chi connectivity index (χ1v) is 7.68. The Morgan fingerprint density at radius 1 is 1.17 bits per heavy atom. The number of methoxy groups -OCH3 is 1. The second kappa shape index (κ2) is 7.87. The molecule has 0 radical (unpaired) electrons. The van der Waals surface area contributed by atoms with Crippen molar-refractivity contribution in [1.29, 1.82) is 0 Å². The number of nitrogens with one attached hydrogen (secondary N) is 1. The molecule has 0 saturated carbocycles. The number of carbonyl (C=O) groups excluding carboxylic acids is 2. The maximum absolute atomic E-state index is 13.7. The van der Waals surface area contributed by atoms with Gasteiger partial charge >= 0.3 is 5.97 Å². The van der Waals surface area contributed by atoms with Crippen molar-refractivity contribution in [3.05, 3.63) is 69.9 Å². The van der Waals surface area contributed by atoms with Gasteiger partial charge in [-0.15, -0.1) is 0 Å². The molecule has 2 aromatic rings. The number of benzene rings is 2. The van der Waals surface area contributed by atoms with Crippen molar-refractivity contribution >= 4 is 27.8 Å². The number of esters is 1. The van der Waals surface area contributed by atoms with Gasteiger partial charge in [0.2, 0.25) is 0 Å². The molecule has 2 aromatic carbocycles. The van der Waals surface area contributed by atoms with Crippen molar-refractivity contribution in [2.45, 2.75) is 12.5 Å². The molecule has 0 aliphatic heterocycles. The van der Waals surface area contributed by atoms with E-state index in [1.54, 1.807) is 6.07 Å². The van der Waals surface area contributed by atoms with Crippen LogP contribution in [0.4, 0.5) is 4.39 Å². The molecule has 6 heteroatoms. The van der Waals surface area contributed by atoms with Gasteiger partial charge in [-0.25, -0.2) is 9.18 Å². The Hall–Kier alpha value is -2.21. The van der Waals surface area contributed by atoms with E-state index in [2.05, 4.69) is 21.2 Å². The molecule has 0 spiro atoms. The van der Waals surface area contributed by atoms with E-state index in [0.29, 0.717) is 0 Å². The Morgan fingerprint density at radius 2 is 1.83 bits per heavy atom. The van der Waals surface area contributed by atoms with Gasteiger partial charge in [-0.2, -0.15) is 0 Å². The fourth-order valence-electron chi connectivity index (χ4n) is 2.07. The highest BCUT2D eigenvalue weighted by Crippen LogP contribution is 2.13. The molecule has 0 unspecified atom stereocenters.